The van der Waals surface area contributed by atoms with Crippen LogP contribution in [0.25, 0.3) is 0 Å². The van der Waals surface area contributed by atoms with Gasteiger partial charge in [-0.1, -0.05) is 30.1 Å². The van der Waals surface area contributed by atoms with E-state index in [1.165, 1.54) is 0 Å². The maximum atomic E-state index is 6.09. The lowest BCUT2D eigenvalue weighted by Crippen LogP contribution is -2.09. The molecule has 0 spiro atoms. The second kappa shape index (κ2) is 5.59. The zero-order valence-electron chi connectivity index (χ0n) is 8.89. The lowest BCUT2D eigenvalue weighted by Gasteiger charge is -2.14. The first kappa shape index (κ1) is 12.6. The van der Waals surface area contributed by atoms with Crippen molar-refractivity contribution in [2.24, 2.45) is 5.73 Å². The monoisotopic (exact) mass is 247 g/mol. The summed E-state index contributed by atoms with van der Waals surface area (Å²) < 4.78 is 5.33. The van der Waals surface area contributed by atoms with Crippen molar-refractivity contribution in [3.8, 4) is 5.75 Å². The maximum Gasteiger partial charge on any atom is 0.139 e. The zero-order valence-corrected chi connectivity index (χ0v) is 10.4. The summed E-state index contributed by atoms with van der Waals surface area (Å²) in [5, 5.41) is 1.16. The molecule has 0 aliphatic rings. The van der Waals surface area contributed by atoms with Gasteiger partial charge in [-0.15, -0.1) is 0 Å². The van der Waals surface area contributed by atoms with E-state index in [0.717, 1.165) is 12.0 Å². The second-order valence-corrected chi connectivity index (χ2v) is 4.07. The number of hydrogen-bond donors (Lipinski definition) is 1. The van der Waals surface area contributed by atoms with Crippen LogP contribution in [0.15, 0.2) is 12.1 Å². The third-order valence-corrected chi connectivity index (χ3v) is 2.81. The quantitative estimate of drug-likeness (QED) is 0.879. The molecule has 0 aliphatic heterocycles. The van der Waals surface area contributed by atoms with Crippen LogP contribution in [-0.4, -0.2) is 6.61 Å². The Morgan fingerprint density at radius 1 is 1.27 bits per heavy atom. The van der Waals surface area contributed by atoms with E-state index in [2.05, 4.69) is 0 Å². The van der Waals surface area contributed by atoms with Gasteiger partial charge >= 0.3 is 0 Å². The molecular weight excluding hydrogens is 233 g/mol. The molecule has 0 heterocycles. The van der Waals surface area contributed by atoms with Crippen LogP contribution in [0, 0.1) is 0 Å². The maximum absolute atomic E-state index is 6.09. The van der Waals surface area contributed by atoms with Gasteiger partial charge < -0.3 is 10.5 Å². The van der Waals surface area contributed by atoms with Crippen LogP contribution in [0.1, 0.15) is 31.9 Å². The third-order valence-electron chi connectivity index (χ3n) is 2.19. The molecule has 0 fully saturated rings. The molecule has 0 radical (unpaired) electrons. The van der Waals surface area contributed by atoms with Crippen molar-refractivity contribution >= 4 is 23.2 Å². The molecule has 1 aromatic carbocycles. The summed E-state index contributed by atoms with van der Waals surface area (Å²) in [6.45, 7) is 4.47. The van der Waals surface area contributed by atoms with Gasteiger partial charge in [0.25, 0.3) is 0 Å². The van der Waals surface area contributed by atoms with Crippen LogP contribution < -0.4 is 10.5 Å². The lowest BCUT2D eigenvalue weighted by molar-refractivity contribution is 0.340. The van der Waals surface area contributed by atoms with Gasteiger partial charge in [0.15, 0.2) is 0 Å². The second-order valence-electron chi connectivity index (χ2n) is 3.25. The molecule has 15 heavy (non-hydrogen) atoms. The van der Waals surface area contributed by atoms with E-state index in [1.54, 1.807) is 12.1 Å². The minimum Gasteiger partial charge on any atom is -0.492 e. The predicted molar refractivity (Wildman–Crippen MR) is 64.9 cm³/mol. The van der Waals surface area contributed by atoms with Gasteiger partial charge in [-0.05, 0) is 25.0 Å². The first-order valence-electron chi connectivity index (χ1n) is 4.97. The van der Waals surface area contributed by atoms with Crippen molar-refractivity contribution in [1.82, 2.24) is 0 Å². The summed E-state index contributed by atoms with van der Waals surface area (Å²) in [6.07, 6.45) is 0.823. The highest BCUT2D eigenvalue weighted by molar-refractivity contribution is 6.34. The molecular formula is C11H15Cl2NO. The average Bonchev–Trinajstić information content (AvgIpc) is 2.22. The first-order valence-corrected chi connectivity index (χ1v) is 5.73. The largest absolute Gasteiger partial charge is 0.492 e. The molecule has 2 N–H and O–H groups in total. The van der Waals surface area contributed by atoms with Crippen LogP contribution in [0.4, 0.5) is 0 Å². The Labute approximate surface area is 100 Å². The summed E-state index contributed by atoms with van der Waals surface area (Å²) in [5.41, 5.74) is 6.77. The summed E-state index contributed by atoms with van der Waals surface area (Å²) in [5.74, 6) is 0.608. The Kier molecular flexibility index (Phi) is 4.71. The lowest BCUT2D eigenvalue weighted by atomic mass is 10.1. The Morgan fingerprint density at radius 3 is 2.47 bits per heavy atom. The van der Waals surface area contributed by atoms with E-state index >= 15 is 0 Å². The standard InChI is InChI=1S/C11H15Cl2NO/c1-3-10(14)7-5-9(13)11(15-4-2)6-8(7)12/h5-6,10H,3-4,14H2,1-2H3. The van der Waals surface area contributed by atoms with E-state index in [1.807, 2.05) is 13.8 Å². The Hall–Kier alpha value is -0.440. The zero-order chi connectivity index (χ0) is 11.4. The van der Waals surface area contributed by atoms with Gasteiger partial charge in [-0.2, -0.15) is 0 Å². The third kappa shape index (κ3) is 3.00. The molecule has 1 atom stereocenters. The van der Waals surface area contributed by atoms with Crippen molar-refractivity contribution in [3.05, 3.63) is 27.7 Å². The molecule has 4 heteroatoms. The highest BCUT2D eigenvalue weighted by Gasteiger charge is 2.12. The number of hydrogen-bond acceptors (Lipinski definition) is 2. The van der Waals surface area contributed by atoms with Crippen molar-refractivity contribution < 1.29 is 4.74 Å². The van der Waals surface area contributed by atoms with Crippen molar-refractivity contribution in [2.45, 2.75) is 26.3 Å². The predicted octanol–water partition coefficient (Wildman–Crippen LogP) is 3.80. The van der Waals surface area contributed by atoms with E-state index in [-0.39, 0.29) is 6.04 Å². The van der Waals surface area contributed by atoms with E-state index < -0.39 is 0 Å². The van der Waals surface area contributed by atoms with Gasteiger partial charge in [-0.3, -0.25) is 0 Å². The van der Waals surface area contributed by atoms with Crippen LogP contribution in [0.5, 0.6) is 5.75 Å². The van der Waals surface area contributed by atoms with Crippen LogP contribution in [0.2, 0.25) is 10.0 Å². The first-order chi connectivity index (χ1) is 7.10. The number of rotatable bonds is 4. The van der Waals surface area contributed by atoms with Gasteiger partial charge in [0.2, 0.25) is 0 Å². The molecule has 0 saturated heterocycles. The summed E-state index contributed by atoms with van der Waals surface area (Å²) in [4.78, 5) is 0. The van der Waals surface area contributed by atoms with E-state index in [9.17, 15) is 0 Å². The Balaban J connectivity index is 3.07. The van der Waals surface area contributed by atoms with Crippen molar-refractivity contribution in [1.29, 1.82) is 0 Å². The number of ether oxygens (including phenoxy) is 1. The average molecular weight is 248 g/mol. The summed E-state index contributed by atoms with van der Waals surface area (Å²) >= 11 is 12.1. The topological polar surface area (TPSA) is 35.2 Å². The number of nitrogens with two attached hydrogens (primary N) is 1. The molecule has 84 valence electrons. The molecule has 0 bridgehead atoms. The molecule has 0 aromatic heterocycles. The molecule has 1 unspecified atom stereocenters. The normalized spacial score (nSPS) is 12.6. The highest BCUT2D eigenvalue weighted by Crippen LogP contribution is 2.34. The van der Waals surface area contributed by atoms with Crippen LogP contribution in [-0.2, 0) is 0 Å². The summed E-state index contributed by atoms with van der Waals surface area (Å²) in [7, 11) is 0. The minimum atomic E-state index is -0.0781. The fraction of sp³-hybridized carbons (Fsp3) is 0.455. The van der Waals surface area contributed by atoms with Crippen molar-refractivity contribution in [2.75, 3.05) is 6.61 Å². The SMILES string of the molecule is CCOc1cc(Cl)c(C(N)CC)cc1Cl. The molecule has 2 nitrogen and oxygen atoms in total. The van der Waals surface area contributed by atoms with Crippen molar-refractivity contribution in [3.63, 3.8) is 0 Å². The minimum absolute atomic E-state index is 0.0781. The molecule has 1 aromatic rings. The van der Waals surface area contributed by atoms with E-state index in [0.29, 0.717) is 22.4 Å². The van der Waals surface area contributed by atoms with Gasteiger partial charge in [0.05, 0.1) is 11.6 Å². The fourth-order valence-corrected chi connectivity index (χ4v) is 1.83. The van der Waals surface area contributed by atoms with Gasteiger partial charge in [0, 0.05) is 17.1 Å². The van der Waals surface area contributed by atoms with Crippen LogP contribution >= 0.6 is 23.2 Å². The Bertz CT molecular complexity index is 342. The van der Waals surface area contributed by atoms with E-state index in [4.69, 9.17) is 33.7 Å². The fourth-order valence-electron chi connectivity index (χ4n) is 1.31. The van der Waals surface area contributed by atoms with Gasteiger partial charge in [0.1, 0.15) is 5.75 Å². The molecule has 0 saturated carbocycles. The highest BCUT2D eigenvalue weighted by atomic mass is 35.5. The molecule has 1 rings (SSSR count). The molecule has 0 amide bonds. The number of benzene rings is 1. The van der Waals surface area contributed by atoms with Gasteiger partial charge in [-0.25, -0.2) is 0 Å². The molecule has 0 aliphatic carbocycles. The smallest absolute Gasteiger partial charge is 0.139 e. The van der Waals surface area contributed by atoms with Crippen LogP contribution in [0.3, 0.4) is 0 Å². The number of halogens is 2. The Morgan fingerprint density at radius 2 is 1.93 bits per heavy atom. The summed E-state index contributed by atoms with van der Waals surface area (Å²) in [6, 6.07) is 3.42.